The Kier molecular flexibility index (Phi) is 5.34. The van der Waals surface area contributed by atoms with E-state index >= 15 is 0 Å². The first-order valence-corrected chi connectivity index (χ1v) is 7.79. The van der Waals surface area contributed by atoms with E-state index in [9.17, 15) is 0 Å². The normalized spacial score (nSPS) is 10.2. The van der Waals surface area contributed by atoms with Crippen molar-refractivity contribution in [2.45, 2.75) is 27.2 Å². The molecule has 0 aromatic heterocycles. The molecule has 2 aromatic carbocycles. The average Bonchev–Trinajstić information content (AvgIpc) is 2.48. The first kappa shape index (κ1) is 15.5. The van der Waals surface area contributed by atoms with Gasteiger partial charge in [0, 0.05) is 17.9 Å². The number of hydrogen-bond donors (Lipinski definition) is 1. The summed E-state index contributed by atoms with van der Waals surface area (Å²) < 4.78 is 0. The second-order valence-corrected chi connectivity index (χ2v) is 5.45. The number of rotatable bonds is 4. The fourth-order valence-electron chi connectivity index (χ4n) is 2.30. The molecule has 110 valence electrons. The van der Waals surface area contributed by atoms with Crippen molar-refractivity contribution in [3.05, 3.63) is 59.7 Å². The van der Waals surface area contributed by atoms with Crippen molar-refractivity contribution < 1.29 is 0 Å². The molecule has 21 heavy (non-hydrogen) atoms. The summed E-state index contributed by atoms with van der Waals surface area (Å²) in [4.78, 5) is 2.11. The predicted octanol–water partition coefficient (Wildman–Crippen LogP) is 4.78. The Morgan fingerprint density at radius 3 is 2.52 bits per heavy atom. The summed E-state index contributed by atoms with van der Waals surface area (Å²) in [5.41, 5.74) is 4.72. The predicted molar refractivity (Wildman–Crippen MR) is 96.2 cm³/mol. The molecule has 2 rings (SSSR count). The summed E-state index contributed by atoms with van der Waals surface area (Å²) in [5.74, 6) is 0. The Balaban J connectivity index is 2.16. The lowest BCUT2D eigenvalue weighted by molar-refractivity contribution is 1.06. The first-order valence-electron chi connectivity index (χ1n) is 7.38. The second kappa shape index (κ2) is 7.23. The van der Waals surface area contributed by atoms with Crippen molar-refractivity contribution in [2.75, 3.05) is 16.8 Å². The number of benzene rings is 2. The van der Waals surface area contributed by atoms with Crippen molar-refractivity contribution >= 4 is 28.7 Å². The van der Waals surface area contributed by atoms with E-state index in [1.54, 1.807) is 0 Å². The average molecular weight is 298 g/mol. The van der Waals surface area contributed by atoms with Crippen molar-refractivity contribution in [3.63, 3.8) is 0 Å². The van der Waals surface area contributed by atoms with Crippen LogP contribution < -0.4 is 10.2 Å². The maximum atomic E-state index is 5.58. The molecule has 3 heteroatoms. The highest BCUT2D eigenvalue weighted by Gasteiger charge is 2.10. The highest BCUT2D eigenvalue weighted by Crippen LogP contribution is 2.18. The summed E-state index contributed by atoms with van der Waals surface area (Å²) in [6, 6.07) is 16.8. The van der Waals surface area contributed by atoms with E-state index in [0.29, 0.717) is 0 Å². The summed E-state index contributed by atoms with van der Waals surface area (Å²) in [6.45, 7) is 7.20. The van der Waals surface area contributed by atoms with Crippen molar-refractivity contribution in [1.82, 2.24) is 0 Å². The Morgan fingerprint density at radius 2 is 1.86 bits per heavy atom. The number of hydrogen-bond acceptors (Lipinski definition) is 1. The van der Waals surface area contributed by atoms with Crippen LogP contribution in [0.1, 0.15) is 25.0 Å². The molecular formula is C18H22N2S. The minimum absolute atomic E-state index is 0.733. The van der Waals surface area contributed by atoms with Crippen molar-refractivity contribution in [1.29, 1.82) is 0 Å². The summed E-state index contributed by atoms with van der Waals surface area (Å²) in [6.07, 6.45) is 1.03. The lowest BCUT2D eigenvalue weighted by atomic mass is 10.1. The lowest BCUT2D eigenvalue weighted by Crippen LogP contribution is -2.34. The molecule has 0 aliphatic rings. The lowest BCUT2D eigenvalue weighted by Gasteiger charge is -2.25. The van der Waals surface area contributed by atoms with Gasteiger partial charge in [0.05, 0.1) is 0 Å². The highest BCUT2D eigenvalue weighted by molar-refractivity contribution is 7.80. The van der Waals surface area contributed by atoms with Gasteiger partial charge in [-0.2, -0.15) is 0 Å². The summed E-state index contributed by atoms with van der Waals surface area (Å²) >= 11 is 5.58. The van der Waals surface area contributed by atoms with Gasteiger partial charge in [0.15, 0.2) is 5.11 Å². The van der Waals surface area contributed by atoms with E-state index in [1.807, 2.05) is 0 Å². The minimum atomic E-state index is 0.733. The van der Waals surface area contributed by atoms with Crippen LogP contribution in [0, 0.1) is 6.92 Å². The maximum Gasteiger partial charge on any atom is 0.177 e. The van der Waals surface area contributed by atoms with Crippen LogP contribution in [0.2, 0.25) is 0 Å². The third-order valence-corrected chi connectivity index (χ3v) is 3.78. The van der Waals surface area contributed by atoms with Gasteiger partial charge in [0.2, 0.25) is 0 Å². The summed E-state index contributed by atoms with van der Waals surface area (Å²) in [5, 5.41) is 4.08. The number of thiocarbonyl (C=S) groups is 1. The van der Waals surface area contributed by atoms with Gasteiger partial charge in [0.1, 0.15) is 0 Å². The van der Waals surface area contributed by atoms with E-state index in [-0.39, 0.29) is 0 Å². The van der Waals surface area contributed by atoms with Crippen LogP contribution in [-0.2, 0) is 6.42 Å². The van der Waals surface area contributed by atoms with Gasteiger partial charge < -0.3 is 10.2 Å². The molecule has 0 radical (unpaired) electrons. The zero-order valence-corrected chi connectivity index (χ0v) is 13.7. The number of anilines is 2. The van der Waals surface area contributed by atoms with Gasteiger partial charge in [-0.05, 0) is 67.9 Å². The smallest absolute Gasteiger partial charge is 0.177 e. The minimum Gasteiger partial charge on any atom is -0.332 e. The van der Waals surface area contributed by atoms with Crippen LogP contribution in [-0.4, -0.2) is 11.7 Å². The fraction of sp³-hybridized carbons (Fsp3) is 0.278. The molecule has 0 atom stereocenters. The maximum absolute atomic E-state index is 5.58. The molecule has 0 unspecified atom stereocenters. The monoisotopic (exact) mass is 298 g/mol. The number of nitrogens with one attached hydrogen (secondary N) is 1. The van der Waals surface area contributed by atoms with Gasteiger partial charge in [-0.25, -0.2) is 0 Å². The molecule has 2 aromatic rings. The Bertz CT molecular complexity index is 622. The van der Waals surface area contributed by atoms with E-state index < -0.39 is 0 Å². The molecule has 0 spiro atoms. The van der Waals surface area contributed by atoms with Gasteiger partial charge in [0.25, 0.3) is 0 Å². The van der Waals surface area contributed by atoms with E-state index in [4.69, 9.17) is 12.2 Å². The van der Waals surface area contributed by atoms with E-state index in [2.05, 4.69) is 79.5 Å². The van der Waals surface area contributed by atoms with Crippen molar-refractivity contribution in [3.8, 4) is 0 Å². The van der Waals surface area contributed by atoms with Crippen molar-refractivity contribution in [2.24, 2.45) is 0 Å². The van der Waals surface area contributed by atoms with Crippen LogP contribution in [0.25, 0.3) is 0 Å². The zero-order valence-electron chi connectivity index (χ0n) is 12.9. The van der Waals surface area contributed by atoms with Crippen LogP contribution in [0.3, 0.4) is 0 Å². The van der Waals surface area contributed by atoms with Crippen LogP contribution in [0.5, 0.6) is 0 Å². The topological polar surface area (TPSA) is 15.3 Å². The molecule has 0 heterocycles. The van der Waals surface area contributed by atoms with Gasteiger partial charge in [-0.1, -0.05) is 31.2 Å². The zero-order chi connectivity index (χ0) is 15.2. The second-order valence-electron chi connectivity index (χ2n) is 5.07. The van der Waals surface area contributed by atoms with Gasteiger partial charge in [-0.3, -0.25) is 0 Å². The highest BCUT2D eigenvalue weighted by atomic mass is 32.1. The van der Waals surface area contributed by atoms with Gasteiger partial charge in [-0.15, -0.1) is 0 Å². The third kappa shape index (κ3) is 4.05. The number of nitrogens with zero attached hydrogens (tertiary/aromatic N) is 1. The van der Waals surface area contributed by atoms with Crippen LogP contribution in [0.15, 0.2) is 48.5 Å². The molecule has 0 saturated carbocycles. The molecule has 2 nitrogen and oxygen atoms in total. The quantitative estimate of drug-likeness (QED) is 0.818. The largest absolute Gasteiger partial charge is 0.332 e. The molecule has 0 aliphatic heterocycles. The SMILES string of the molecule is CCc1cccc(NC(=S)N(CC)c2cccc(C)c2)c1. The number of aryl methyl sites for hydroxylation is 2. The summed E-state index contributed by atoms with van der Waals surface area (Å²) in [7, 11) is 0. The molecule has 0 fully saturated rings. The first-order chi connectivity index (χ1) is 10.1. The molecule has 0 bridgehead atoms. The standard InChI is InChI=1S/C18H22N2S/c1-4-15-9-7-10-16(13-15)19-18(21)20(5-2)17-11-6-8-14(3)12-17/h6-13H,4-5H2,1-3H3,(H,19,21). The Labute approximate surface area is 132 Å². The molecule has 0 aliphatic carbocycles. The molecule has 0 saturated heterocycles. The van der Waals surface area contributed by atoms with E-state index in [1.165, 1.54) is 11.1 Å². The fourth-order valence-corrected chi connectivity index (χ4v) is 2.65. The molecule has 1 N–H and O–H groups in total. The molecular weight excluding hydrogens is 276 g/mol. The van der Waals surface area contributed by atoms with Crippen LogP contribution >= 0.6 is 12.2 Å². The van der Waals surface area contributed by atoms with Gasteiger partial charge >= 0.3 is 0 Å². The van der Waals surface area contributed by atoms with Crippen LogP contribution in [0.4, 0.5) is 11.4 Å². The van der Waals surface area contributed by atoms with E-state index in [0.717, 1.165) is 29.5 Å². The molecule has 0 amide bonds. The third-order valence-electron chi connectivity index (χ3n) is 3.46. The Hall–Kier alpha value is -1.87. The Morgan fingerprint density at radius 1 is 1.10 bits per heavy atom.